The molecular weight excluding hydrogens is 381 g/mol. The van der Waals surface area contributed by atoms with Crippen LogP contribution in [-0.2, 0) is 9.53 Å². The van der Waals surface area contributed by atoms with Gasteiger partial charge >= 0.3 is 5.97 Å². The van der Waals surface area contributed by atoms with Gasteiger partial charge in [0.05, 0.1) is 6.61 Å². The Labute approximate surface area is 138 Å². The second-order valence-electron chi connectivity index (χ2n) is 5.33. The van der Waals surface area contributed by atoms with Gasteiger partial charge in [0, 0.05) is 9.13 Å². The van der Waals surface area contributed by atoms with E-state index >= 15 is 0 Å². The van der Waals surface area contributed by atoms with Crippen molar-refractivity contribution in [1.29, 1.82) is 0 Å². The zero-order chi connectivity index (χ0) is 15.3. The zero-order valence-corrected chi connectivity index (χ0v) is 14.3. The van der Waals surface area contributed by atoms with E-state index in [-0.39, 0.29) is 11.9 Å². The summed E-state index contributed by atoms with van der Waals surface area (Å²) in [6.07, 6.45) is 4.28. The van der Waals surface area contributed by atoms with Crippen molar-refractivity contribution in [3.05, 3.63) is 33.4 Å². The molecule has 0 radical (unpaired) electrons. The summed E-state index contributed by atoms with van der Waals surface area (Å²) in [5.74, 6) is -0.507. The maximum absolute atomic E-state index is 12.5. The highest BCUT2D eigenvalue weighted by atomic mass is 127. The van der Waals surface area contributed by atoms with Crippen LogP contribution in [0.3, 0.4) is 0 Å². The third kappa shape index (κ3) is 3.96. The van der Waals surface area contributed by atoms with Gasteiger partial charge in [0.25, 0.3) is 5.91 Å². The fraction of sp³-hybridized carbons (Fsp3) is 0.500. The Morgan fingerprint density at radius 1 is 1.29 bits per heavy atom. The molecule has 1 aliphatic carbocycles. The lowest BCUT2D eigenvalue weighted by Crippen LogP contribution is -2.56. The smallest absolute Gasteiger partial charge is 0.331 e. The van der Waals surface area contributed by atoms with E-state index < -0.39 is 5.54 Å². The Hall–Kier alpha value is -1.11. The largest absolute Gasteiger partial charge is 0.464 e. The Kier molecular flexibility index (Phi) is 5.61. The van der Waals surface area contributed by atoms with E-state index in [0.717, 1.165) is 22.8 Å². The fourth-order valence-corrected chi connectivity index (χ4v) is 3.27. The molecule has 0 atom stereocenters. The summed E-state index contributed by atoms with van der Waals surface area (Å²) in [7, 11) is 0. The summed E-state index contributed by atoms with van der Waals surface area (Å²) in [5, 5.41) is 2.94. The molecule has 0 bridgehead atoms. The van der Waals surface area contributed by atoms with Crippen LogP contribution < -0.4 is 5.32 Å². The number of nitrogens with one attached hydrogen (secondary N) is 1. The molecule has 114 valence electrons. The van der Waals surface area contributed by atoms with Crippen LogP contribution in [0.25, 0.3) is 0 Å². The van der Waals surface area contributed by atoms with Crippen LogP contribution in [0.4, 0.5) is 0 Å². The van der Waals surface area contributed by atoms with Crippen LogP contribution in [0.5, 0.6) is 0 Å². The molecule has 1 aliphatic rings. The molecule has 1 aromatic carbocycles. The number of ether oxygens (including phenoxy) is 1. The topological polar surface area (TPSA) is 55.4 Å². The normalized spacial score (nSPS) is 17.0. The summed E-state index contributed by atoms with van der Waals surface area (Å²) in [5.41, 5.74) is -0.275. The molecule has 1 N–H and O–H groups in total. The molecule has 0 heterocycles. The SMILES string of the molecule is CCOC(=O)C1(NC(=O)c2cccc(I)c2)CCCCC1. The predicted octanol–water partition coefficient (Wildman–Crippen LogP) is 3.29. The Morgan fingerprint density at radius 3 is 2.62 bits per heavy atom. The van der Waals surface area contributed by atoms with Crippen LogP contribution in [0.2, 0.25) is 0 Å². The lowest BCUT2D eigenvalue weighted by molar-refractivity contribution is -0.152. The molecule has 1 aromatic rings. The van der Waals surface area contributed by atoms with Gasteiger partial charge in [0.2, 0.25) is 0 Å². The molecule has 1 amide bonds. The van der Waals surface area contributed by atoms with Crippen LogP contribution in [0.15, 0.2) is 24.3 Å². The molecule has 5 heteroatoms. The molecular formula is C16H20INO3. The first-order valence-corrected chi connectivity index (χ1v) is 8.40. The number of carbonyl (C=O) groups is 2. The van der Waals surface area contributed by atoms with Crippen molar-refractivity contribution in [3.63, 3.8) is 0 Å². The highest BCUT2D eigenvalue weighted by molar-refractivity contribution is 14.1. The molecule has 0 aromatic heterocycles. The summed E-state index contributed by atoms with van der Waals surface area (Å²) in [4.78, 5) is 24.8. The van der Waals surface area contributed by atoms with Gasteiger partial charge in [-0.15, -0.1) is 0 Å². The summed E-state index contributed by atoms with van der Waals surface area (Å²) < 4.78 is 6.18. The van der Waals surface area contributed by atoms with Crippen LogP contribution in [-0.4, -0.2) is 24.0 Å². The molecule has 0 saturated heterocycles. The number of amides is 1. The van der Waals surface area contributed by atoms with E-state index in [9.17, 15) is 9.59 Å². The van der Waals surface area contributed by atoms with Crippen LogP contribution in [0.1, 0.15) is 49.4 Å². The Morgan fingerprint density at radius 2 is 2.00 bits per heavy atom. The van der Waals surface area contributed by atoms with Crippen molar-refractivity contribution >= 4 is 34.5 Å². The van der Waals surface area contributed by atoms with Crippen molar-refractivity contribution in [3.8, 4) is 0 Å². The van der Waals surface area contributed by atoms with Gasteiger partial charge in [-0.3, -0.25) is 4.79 Å². The maximum Gasteiger partial charge on any atom is 0.331 e. The second-order valence-corrected chi connectivity index (χ2v) is 6.57. The van der Waals surface area contributed by atoms with Gasteiger partial charge in [0.1, 0.15) is 5.54 Å². The molecule has 0 aliphatic heterocycles. The number of halogens is 1. The maximum atomic E-state index is 12.5. The van der Waals surface area contributed by atoms with E-state index in [1.165, 1.54) is 0 Å². The van der Waals surface area contributed by atoms with Crippen molar-refractivity contribution in [1.82, 2.24) is 5.32 Å². The minimum Gasteiger partial charge on any atom is -0.464 e. The average molecular weight is 401 g/mol. The lowest BCUT2D eigenvalue weighted by Gasteiger charge is -2.35. The zero-order valence-electron chi connectivity index (χ0n) is 12.2. The van der Waals surface area contributed by atoms with Gasteiger partial charge in [-0.25, -0.2) is 4.79 Å². The van der Waals surface area contributed by atoms with Crippen molar-refractivity contribution in [2.24, 2.45) is 0 Å². The predicted molar refractivity (Wildman–Crippen MR) is 89.1 cm³/mol. The monoisotopic (exact) mass is 401 g/mol. The number of hydrogen-bond acceptors (Lipinski definition) is 3. The van der Waals surface area contributed by atoms with E-state index in [1.54, 1.807) is 13.0 Å². The average Bonchev–Trinajstić information content (AvgIpc) is 2.48. The van der Waals surface area contributed by atoms with E-state index in [0.29, 0.717) is 25.0 Å². The second kappa shape index (κ2) is 7.24. The van der Waals surface area contributed by atoms with Gasteiger partial charge in [0.15, 0.2) is 0 Å². The van der Waals surface area contributed by atoms with Crippen LogP contribution in [0, 0.1) is 3.57 Å². The van der Waals surface area contributed by atoms with Crippen molar-refractivity contribution in [2.45, 2.75) is 44.6 Å². The number of benzene rings is 1. The minimum absolute atomic E-state index is 0.205. The molecule has 21 heavy (non-hydrogen) atoms. The summed E-state index contributed by atoms with van der Waals surface area (Å²) in [6, 6.07) is 7.35. The fourth-order valence-electron chi connectivity index (χ4n) is 2.72. The first-order chi connectivity index (χ1) is 10.1. The standard InChI is InChI=1S/C16H20INO3/c1-2-21-15(20)16(9-4-3-5-10-16)18-14(19)12-7-6-8-13(17)11-12/h6-8,11H,2-5,9-10H2,1H3,(H,18,19). The number of carbonyl (C=O) groups excluding carboxylic acids is 2. The number of esters is 1. The summed E-state index contributed by atoms with van der Waals surface area (Å²) in [6.45, 7) is 2.12. The molecule has 0 spiro atoms. The first-order valence-electron chi connectivity index (χ1n) is 7.33. The van der Waals surface area contributed by atoms with E-state index in [1.807, 2.05) is 18.2 Å². The lowest BCUT2D eigenvalue weighted by atomic mass is 9.81. The minimum atomic E-state index is -0.855. The molecule has 1 saturated carbocycles. The van der Waals surface area contributed by atoms with E-state index in [2.05, 4.69) is 27.9 Å². The molecule has 4 nitrogen and oxygen atoms in total. The summed E-state index contributed by atoms with van der Waals surface area (Å²) >= 11 is 2.17. The number of rotatable bonds is 4. The number of hydrogen-bond donors (Lipinski definition) is 1. The van der Waals surface area contributed by atoms with Crippen molar-refractivity contribution < 1.29 is 14.3 Å². The quantitative estimate of drug-likeness (QED) is 0.623. The third-order valence-corrected chi connectivity index (χ3v) is 4.48. The Balaban J connectivity index is 2.18. The highest BCUT2D eigenvalue weighted by Gasteiger charge is 2.42. The van der Waals surface area contributed by atoms with Gasteiger partial charge in [-0.2, -0.15) is 0 Å². The van der Waals surface area contributed by atoms with Crippen LogP contribution >= 0.6 is 22.6 Å². The van der Waals surface area contributed by atoms with E-state index in [4.69, 9.17) is 4.74 Å². The van der Waals surface area contributed by atoms with Gasteiger partial charge in [-0.05, 0) is 60.6 Å². The molecule has 0 unspecified atom stereocenters. The first kappa shape index (κ1) is 16.3. The van der Waals surface area contributed by atoms with Crippen molar-refractivity contribution in [2.75, 3.05) is 6.61 Å². The highest BCUT2D eigenvalue weighted by Crippen LogP contribution is 2.30. The Bertz CT molecular complexity index is 524. The molecule has 1 fully saturated rings. The van der Waals surface area contributed by atoms with Gasteiger partial charge in [-0.1, -0.05) is 25.3 Å². The third-order valence-electron chi connectivity index (χ3n) is 3.81. The van der Waals surface area contributed by atoms with Gasteiger partial charge < -0.3 is 10.1 Å². The molecule has 2 rings (SSSR count).